The van der Waals surface area contributed by atoms with Gasteiger partial charge in [-0.15, -0.1) is 36.2 Å². The van der Waals surface area contributed by atoms with Crippen molar-refractivity contribution in [2.75, 3.05) is 26.3 Å². The number of nitrogens with zero attached hydrogens (tertiary/aromatic N) is 1. The Morgan fingerprint density at radius 3 is 3.05 bits per heavy atom. The van der Waals surface area contributed by atoms with Crippen molar-refractivity contribution < 1.29 is 9.53 Å². The summed E-state index contributed by atoms with van der Waals surface area (Å²) in [5.41, 5.74) is 0. The first-order valence-corrected chi connectivity index (χ1v) is 6.69. The third-order valence-electron chi connectivity index (χ3n) is 2.57. The predicted octanol–water partition coefficient (Wildman–Crippen LogP) is 1.02. The molecule has 8 heteroatoms. The molecule has 1 atom stereocenters. The molecule has 110 valence electrons. The van der Waals surface area contributed by atoms with Crippen molar-refractivity contribution >= 4 is 42.1 Å². The van der Waals surface area contributed by atoms with Crippen LogP contribution in [0, 0.1) is 0 Å². The second-order valence-corrected chi connectivity index (χ2v) is 4.93. The molecule has 1 aliphatic heterocycles. The Morgan fingerprint density at radius 2 is 2.42 bits per heavy atom. The molecule has 0 saturated carbocycles. The molecule has 2 rings (SSSR count). The quantitative estimate of drug-likeness (QED) is 0.847. The largest absolute Gasteiger partial charge is 0.378 e. The van der Waals surface area contributed by atoms with Crippen molar-refractivity contribution in [3.8, 4) is 0 Å². The average molecular weight is 328 g/mol. The van der Waals surface area contributed by atoms with E-state index in [2.05, 4.69) is 15.6 Å². The Hall–Kier alpha value is -0.400. The topological polar surface area (TPSA) is 63.2 Å². The van der Waals surface area contributed by atoms with Crippen molar-refractivity contribution in [3.05, 3.63) is 16.6 Å². The zero-order valence-corrected chi connectivity index (χ0v) is 12.9. The second-order valence-electron chi connectivity index (χ2n) is 3.96. The minimum Gasteiger partial charge on any atom is -0.378 e. The average Bonchev–Trinajstić information content (AvgIpc) is 2.83. The van der Waals surface area contributed by atoms with Crippen LogP contribution in [-0.4, -0.2) is 43.2 Å². The number of aromatic nitrogens is 1. The molecule has 2 N–H and O–H groups in total. The van der Waals surface area contributed by atoms with Gasteiger partial charge in [0.1, 0.15) is 0 Å². The standard InChI is InChI=1S/C11H17N3O2S.2ClH/c15-10(7-9-8-16-5-3-12-9)13-2-1-11-14-4-6-17-11;;/h4,6,9,12H,1-3,5,7-8H2,(H,13,15);2*1H. The monoisotopic (exact) mass is 327 g/mol. The number of amides is 1. The number of thiazole rings is 1. The lowest BCUT2D eigenvalue weighted by molar-refractivity contribution is -0.122. The number of carbonyl (C=O) groups excluding carboxylic acids is 1. The van der Waals surface area contributed by atoms with Gasteiger partial charge >= 0.3 is 0 Å². The minimum atomic E-state index is 0. The number of hydrogen-bond donors (Lipinski definition) is 2. The van der Waals surface area contributed by atoms with E-state index in [0.717, 1.165) is 24.6 Å². The number of carbonyl (C=O) groups is 1. The fourth-order valence-corrected chi connectivity index (χ4v) is 2.35. The maximum absolute atomic E-state index is 11.6. The molecule has 0 aliphatic carbocycles. The van der Waals surface area contributed by atoms with E-state index in [4.69, 9.17) is 4.74 Å². The van der Waals surface area contributed by atoms with Crippen LogP contribution in [0.25, 0.3) is 0 Å². The van der Waals surface area contributed by atoms with Crippen LogP contribution in [0.5, 0.6) is 0 Å². The lowest BCUT2D eigenvalue weighted by atomic mass is 10.2. The predicted molar refractivity (Wildman–Crippen MR) is 80.6 cm³/mol. The molecule has 1 aromatic rings. The van der Waals surface area contributed by atoms with Crippen LogP contribution >= 0.6 is 36.2 Å². The number of ether oxygens (including phenoxy) is 1. The normalized spacial score (nSPS) is 18.0. The van der Waals surface area contributed by atoms with E-state index in [1.54, 1.807) is 17.5 Å². The van der Waals surface area contributed by atoms with Crippen LogP contribution in [0.4, 0.5) is 0 Å². The maximum atomic E-state index is 11.6. The summed E-state index contributed by atoms with van der Waals surface area (Å²) in [6.07, 6.45) is 3.07. The number of nitrogens with one attached hydrogen (secondary N) is 2. The van der Waals surface area contributed by atoms with Gasteiger partial charge in [0.05, 0.1) is 18.2 Å². The minimum absolute atomic E-state index is 0. The molecular formula is C11H19Cl2N3O2S. The fraction of sp³-hybridized carbons (Fsp3) is 0.636. The highest BCUT2D eigenvalue weighted by atomic mass is 35.5. The van der Waals surface area contributed by atoms with Gasteiger partial charge in [-0.05, 0) is 0 Å². The van der Waals surface area contributed by atoms with Crippen LogP contribution in [0.3, 0.4) is 0 Å². The van der Waals surface area contributed by atoms with Gasteiger partial charge < -0.3 is 15.4 Å². The van der Waals surface area contributed by atoms with Crippen LogP contribution < -0.4 is 10.6 Å². The summed E-state index contributed by atoms with van der Waals surface area (Å²) in [4.78, 5) is 15.8. The van der Waals surface area contributed by atoms with Gasteiger partial charge in [0.15, 0.2) is 0 Å². The van der Waals surface area contributed by atoms with Gasteiger partial charge in [-0.2, -0.15) is 0 Å². The highest BCUT2D eigenvalue weighted by molar-refractivity contribution is 7.09. The Bertz CT molecular complexity index is 346. The summed E-state index contributed by atoms with van der Waals surface area (Å²) in [6.45, 7) is 2.85. The zero-order valence-electron chi connectivity index (χ0n) is 10.5. The summed E-state index contributed by atoms with van der Waals surface area (Å²) in [7, 11) is 0. The first kappa shape index (κ1) is 18.6. The Morgan fingerprint density at radius 1 is 1.58 bits per heavy atom. The highest BCUT2D eigenvalue weighted by Crippen LogP contribution is 2.03. The van der Waals surface area contributed by atoms with Crippen molar-refractivity contribution in [1.82, 2.24) is 15.6 Å². The Balaban J connectivity index is 0.00000162. The molecule has 0 radical (unpaired) electrons. The smallest absolute Gasteiger partial charge is 0.221 e. The number of rotatable bonds is 5. The summed E-state index contributed by atoms with van der Waals surface area (Å²) in [6, 6.07) is 0.156. The molecule has 1 amide bonds. The molecule has 1 aliphatic rings. The fourth-order valence-electron chi connectivity index (χ4n) is 1.73. The molecule has 19 heavy (non-hydrogen) atoms. The van der Waals surface area contributed by atoms with E-state index < -0.39 is 0 Å². The Kier molecular flexibility index (Phi) is 10.2. The molecule has 5 nitrogen and oxygen atoms in total. The summed E-state index contributed by atoms with van der Waals surface area (Å²) < 4.78 is 5.30. The van der Waals surface area contributed by atoms with Crippen LogP contribution in [0.15, 0.2) is 11.6 Å². The van der Waals surface area contributed by atoms with E-state index in [1.807, 2.05) is 5.38 Å². The molecule has 0 spiro atoms. The van der Waals surface area contributed by atoms with Gasteiger partial charge in [-0.25, -0.2) is 4.98 Å². The van der Waals surface area contributed by atoms with Gasteiger partial charge in [0, 0.05) is 43.5 Å². The van der Waals surface area contributed by atoms with E-state index in [-0.39, 0.29) is 36.8 Å². The maximum Gasteiger partial charge on any atom is 0.221 e. The van der Waals surface area contributed by atoms with Crippen LogP contribution in [-0.2, 0) is 16.0 Å². The molecule has 0 aromatic carbocycles. The Labute approximate surface area is 129 Å². The first-order valence-electron chi connectivity index (χ1n) is 5.81. The van der Waals surface area contributed by atoms with Crippen LogP contribution in [0.1, 0.15) is 11.4 Å². The number of halogens is 2. The van der Waals surface area contributed by atoms with Crippen molar-refractivity contribution in [3.63, 3.8) is 0 Å². The molecule has 1 saturated heterocycles. The summed E-state index contributed by atoms with van der Waals surface area (Å²) in [5, 5.41) is 9.16. The molecule has 1 unspecified atom stereocenters. The van der Waals surface area contributed by atoms with Crippen molar-refractivity contribution in [2.24, 2.45) is 0 Å². The number of morpholine rings is 1. The summed E-state index contributed by atoms with van der Waals surface area (Å²) in [5.74, 6) is 0.0737. The second kappa shape index (κ2) is 10.4. The highest BCUT2D eigenvalue weighted by Gasteiger charge is 2.16. The molecule has 2 heterocycles. The van der Waals surface area contributed by atoms with Crippen molar-refractivity contribution in [1.29, 1.82) is 0 Å². The van der Waals surface area contributed by atoms with E-state index in [0.29, 0.717) is 19.6 Å². The van der Waals surface area contributed by atoms with Crippen molar-refractivity contribution in [2.45, 2.75) is 18.9 Å². The van der Waals surface area contributed by atoms with Gasteiger partial charge in [0.2, 0.25) is 5.91 Å². The molecule has 1 fully saturated rings. The van der Waals surface area contributed by atoms with Crippen LogP contribution in [0.2, 0.25) is 0 Å². The third-order valence-corrected chi connectivity index (χ3v) is 3.41. The van der Waals surface area contributed by atoms with Gasteiger partial charge in [0.25, 0.3) is 0 Å². The molecular weight excluding hydrogens is 309 g/mol. The lowest BCUT2D eigenvalue weighted by Crippen LogP contribution is -2.44. The lowest BCUT2D eigenvalue weighted by Gasteiger charge is -2.23. The zero-order chi connectivity index (χ0) is 11.9. The molecule has 1 aromatic heterocycles. The van der Waals surface area contributed by atoms with Gasteiger partial charge in [-0.1, -0.05) is 0 Å². The first-order chi connectivity index (χ1) is 8.34. The van der Waals surface area contributed by atoms with E-state index in [1.165, 1.54) is 0 Å². The SMILES string of the molecule is Cl.Cl.O=C(CC1COCCN1)NCCc1nccs1. The number of hydrogen-bond acceptors (Lipinski definition) is 5. The van der Waals surface area contributed by atoms with E-state index >= 15 is 0 Å². The molecule has 0 bridgehead atoms. The van der Waals surface area contributed by atoms with E-state index in [9.17, 15) is 4.79 Å². The third kappa shape index (κ3) is 7.08. The summed E-state index contributed by atoms with van der Waals surface area (Å²) >= 11 is 1.62. The van der Waals surface area contributed by atoms with Gasteiger partial charge in [-0.3, -0.25) is 4.79 Å².